The van der Waals surface area contributed by atoms with Crippen LogP contribution in [-0.4, -0.2) is 39.8 Å². The lowest BCUT2D eigenvalue weighted by Crippen LogP contribution is -2.37. The van der Waals surface area contributed by atoms with Gasteiger partial charge in [0.1, 0.15) is 0 Å². The molecule has 2 aliphatic rings. The smallest absolute Gasteiger partial charge is 0.272 e. The van der Waals surface area contributed by atoms with Gasteiger partial charge in [-0.1, -0.05) is 13.0 Å². The van der Waals surface area contributed by atoms with Crippen LogP contribution in [0.2, 0.25) is 0 Å². The standard InChI is InChI=1S/C20H24N4O4/c1-3-4-18(25)24-8-7-15-14(11-24)19(22-23(15)2)20(26)21-10-13-5-6-16-17(9-13)28-12-27-16/h5-6,9H,3-4,7-8,10-12H2,1-2H3,(H,21,26). The molecule has 2 aliphatic heterocycles. The number of amides is 2. The van der Waals surface area contributed by atoms with Gasteiger partial charge >= 0.3 is 0 Å². The zero-order valence-electron chi connectivity index (χ0n) is 16.2. The molecule has 0 unspecified atom stereocenters. The number of hydrogen-bond acceptors (Lipinski definition) is 5. The third-order valence-electron chi connectivity index (χ3n) is 5.16. The number of fused-ring (bicyclic) bond motifs is 2. The Labute approximate surface area is 163 Å². The lowest BCUT2D eigenvalue weighted by atomic mass is 10.0. The van der Waals surface area contributed by atoms with Crippen LogP contribution in [0.3, 0.4) is 0 Å². The molecule has 0 atom stereocenters. The summed E-state index contributed by atoms with van der Waals surface area (Å²) in [6.07, 6.45) is 2.06. The second-order valence-electron chi connectivity index (χ2n) is 7.08. The quantitative estimate of drug-likeness (QED) is 0.849. The lowest BCUT2D eigenvalue weighted by molar-refractivity contribution is -0.132. The van der Waals surface area contributed by atoms with Crippen LogP contribution in [0.4, 0.5) is 0 Å². The number of nitrogens with zero attached hydrogens (tertiary/aromatic N) is 3. The molecule has 0 spiro atoms. The SMILES string of the molecule is CCCC(=O)N1CCc2c(c(C(=O)NCc3ccc4c(c3)OCO4)nn2C)C1. The van der Waals surface area contributed by atoms with E-state index in [2.05, 4.69) is 10.4 Å². The van der Waals surface area contributed by atoms with Crippen molar-refractivity contribution in [2.45, 2.75) is 39.3 Å². The maximum Gasteiger partial charge on any atom is 0.272 e. The molecule has 1 N–H and O–H groups in total. The Morgan fingerprint density at radius 1 is 1.25 bits per heavy atom. The van der Waals surface area contributed by atoms with Gasteiger partial charge in [0.25, 0.3) is 5.91 Å². The summed E-state index contributed by atoms with van der Waals surface area (Å²) >= 11 is 0. The molecule has 4 rings (SSSR count). The van der Waals surface area contributed by atoms with Crippen molar-refractivity contribution in [1.82, 2.24) is 20.0 Å². The van der Waals surface area contributed by atoms with Crippen LogP contribution < -0.4 is 14.8 Å². The second-order valence-corrected chi connectivity index (χ2v) is 7.08. The summed E-state index contributed by atoms with van der Waals surface area (Å²) < 4.78 is 12.4. The van der Waals surface area contributed by atoms with Crippen molar-refractivity contribution in [2.75, 3.05) is 13.3 Å². The van der Waals surface area contributed by atoms with E-state index in [1.165, 1.54) is 0 Å². The topological polar surface area (TPSA) is 85.7 Å². The Bertz CT molecular complexity index is 921. The van der Waals surface area contributed by atoms with E-state index in [9.17, 15) is 9.59 Å². The first-order chi connectivity index (χ1) is 13.6. The predicted octanol–water partition coefficient (Wildman–Crippen LogP) is 1.76. The van der Waals surface area contributed by atoms with Gasteiger partial charge < -0.3 is 19.7 Å². The molecule has 0 bridgehead atoms. The van der Waals surface area contributed by atoms with Crippen molar-refractivity contribution >= 4 is 11.8 Å². The number of carbonyl (C=O) groups is 2. The molecule has 0 saturated heterocycles. The first-order valence-corrected chi connectivity index (χ1v) is 9.56. The van der Waals surface area contributed by atoms with E-state index in [4.69, 9.17) is 9.47 Å². The molecule has 148 valence electrons. The van der Waals surface area contributed by atoms with Gasteiger partial charge in [0.15, 0.2) is 17.2 Å². The number of ether oxygens (including phenoxy) is 2. The van der Waals surface area contributed by atoms with Crippen LogP contribution in [0, 0.1) is 0 Å². The molecule has 1 aromatic heterocycles. The van der Waals surface area contributed by atoms with Gasteiger partial charge in [-0.3, -0.25) is 14.3 Å². The summed E-state index contributed by atoms with van der Waals surface area (Å²) in [6.45, 7) is 3.68. The number of rotatable bonds is 5. The van der Waals surface area contributed by atoms with E-state index in [1.54, 1.807) is 4.68 Å². The van der Waals surface area contributed by atoms with Crippen LogP contribution in [0.15, 0.2) is 18.2 Å². The zero-order valence-corrected chi connectivity index (χ0v) is 16.2. The van der Waals surface area contributed by atoms with Crippen molar-refractivity contribution in [3.63, 3.8) is 0 Å². The Balaban J connectivity index is 1.47. The molecule has 8 heteroatoms. The largest absolute Gasteiger partial charge is 0.454 e. The third-order valence-corrected chi connectivity index (χ3v) is 5.16. The van der Waals surface area contributed by atoms with Crippen molar-refractivity contribution in [1.29, 1.82) is 0 Å². The summed E-state index contributed by atoms with van der Waals surface area (Å²) in [4.78, 5) is 26.9. The first-order valence-electron chi connectivity index (χ1n) is 9.56. The van der Waals surface area contributed by atoms with E-state index >= 15 is 0 Å². The van der Waals surface area contributed by atoms with Crippen molar-refractivity contribution < 1.29 is 19.1 Å². The first kappa shape index (κ1) is 18.3. The molecular formula is C20H24N4O4. The summed E-state index contributed by atoms with van der Waals surface area (Å²) in [5, 5.41) is 7.35. The molecule has 3 heterocycles. The van der Waals surface area contributed by atoms with E-state index in [-0.39, 0.29) is 18.6 Å². The van der Waals surface area contributed by atoms with Crippen molar-refractivity contribution in [3.8, 4) is 11.5 Å². The molecule has 0 saturated carbocycles. The fourth-order valence-corrected chi connectivity index (χ4v) is 3.68. The number of benzene rings is 1. The molecule has 8 nitrogen and oxygen atoms in total. The average Bonchev–Trinajstić information content (AvgIpc) is 3.30. The monoisotopic (exact) mass is 384 g/mol. The van der Waals surface area contributed by atoms with Crippen LogP contribution >= 0.6 is 0 Å². The summed E-state index contributed by atoms with van der Waals surface area (Å²) in [5.41, 5.74) is 3.18. The van der Waals surface area contributed by atoms with Crippen molar-refractivity contribution in [3.05, 3.63) is 40.7 Å². The van der Waals surface area contributed by atoms with Crippen LogP contribution in [0.5, 0.6) is 11.5 Å². The lowest BCUT2D eigenvalue weighted by Gasteiger charge is -2.27. The van der Waals surface area contributed by atoms with E-state index in [0.29, 0.717) is 49.7 Å². The van der Waals surface area contributed by atoms with E-state index < -0.39 is 0 Å². The molecular weight excluding hydrogens is 360 g/mol. The highest BCUT2D eigenvalue weighted by atomic mass is 16.7. The van der Waals surface area contributed by atoms with Gasteiger partial charge in [0, 0.05) is 50.8 Å². The Morgan fingerprint density at radius 2 is 2.07 bits per heavy atom. The normalized spacial score (nSPS) is 14.7. The van der Waals surface area contributed by atoms with Gasteiger partial charge in [0.2, 0.25) is 12.7 Å². The van der Waals surface area contributed by atoms with E-state index in [0.717, 1.165) is 23.2 Å². The zero-order chi connectivity index (χ0) is 19.7. The Morgan fingerprint density at radius 3 is 2.89 bits per heavy atom. The molecule has 2 amide bonds. The van der Waals surface area contributed by atoms with Gasteiger partial charge in [-0.2, -0.15) is 5.10 Å². The highest BCUT2D eigenvalue weighted by molar-refractivity contribution is 5.94. The van der Waals surface area contributed by atoms with Gasteiger partial charge in [-0.25, -0.2) is 0 Å². The molecule has 0 fully saturated rings. The van der Waals surface area contributed by atoms with Gasteiger partial charge in [-0.05, 0) is 24.1 Å². The summed E-state index contributed by atoms with van der Waals surface area (Å²) in [5.74, 6) is 1.29. The molecule has 28 heavy (non-hydrogen) atoms. The maximum atomic E-state index is 12.8. The van der Waals surface area contributed by atoms with Crippen LogP contribution in [-0.2, 0) is 31.4 Å². The Kier molecular flexibility index (Phi) is 4.93. The number of aromatic nitrogens is 2. The number of carbonyl (C=O) groups excluding carboxylic acids is 2. The minimum atomic E-state index is -0.237. The molecule has 1 aromatic carbocycles. The predicted molar refractivity (Wildman–Crippen MR) is 101 cm³/mol. The minimum absolute atomic E-state index is 0.128. The highest BCUT2D eigenvalue weighted by Crippen LogP contribution is 2.32. The Hall–Kier alpha value is -3.03. The fraction of sp³-hybridized carbons (Fsp3) is 0.450. The second kappa shape index (κ2) is 7.53. The van der Waals surface area contributed by atoms with Gasteiger partial charge in [-0.15, -0.1) is 0 Å². The maximum absolute atomic E-state index is 12.8. The third kappa shape index (κ3) is 3.42. The summed E-state index contributed by atoms with van der Waals surface area (Å²) in [7, 11) is 1.84. The molecule has 0 radical (unpaired) electrons. The molecule has 0 aliphatic carbocycles. The fourth-order valence-electron chi connectivity index (χ4n) is 3.68. The summed E-state index contributed by atoms with van der Waals surface area (Å²) in [6, 6.07) is 5.60. The molecule has 2 aromatic rings. The van der Waals surface area contributed by atoms with Crippen LogP contribution in [0.25, 0.3) is 0 Å². The number of aryl methyl sites for hydroxylation is 1. The average molecular weight is 384 g/mol. The van der Waals surface area contributed by atoms with E-state index in [1.807, 2.05) is 37.1 Å². The minimum Gasteiger partial charge on any atom is -0.454 e. The highest BCUT2D eigenvalue weighted by Gasteiger charge is 2.29. The van der Waals surface area contributed by atoms with Crippen LogP contribution in [0.1, 0.15) is 47.1 Å². The van der Waals surface area contributed by atoms with Gasteiger partial charge in [0.05, 0.1) is 0 Å². The van der Waals surface area contributed by atoms with Crippen molar-refractivity contribution in [2.24, 2.45) is 7.05 Å². The number of hydrogen-bond donors (Lipinski definition) is 1. The number of nitrogens with one attached hydrogen (secondary N) is 1.